The SMILES string of the molecule is CN=C(N)NCC12C#CC3CCCC4CC(CCN4)Oc4cc(c(CO)cc4O)CC3C(OC(C)=O)CC(O)C(CCC1C)C2. The van der Waals surface area contributed by atoms with Gasteiger partial charge in [-0.3, -0.25) is 9.79 Å². The summed E-state index contributed by atoms with van der Waals surface area (Å²) in [5.41, 5.74) is 7.10. The van der Waals surface area contributed by atoms with Crippen LogP contribution in [0, 0.1) is 40.9 Å². The van der Waals surface area contributed by atoms with Crippen molar-refractivity contribution >= 4 is 11.9 Å². The third-order valence-corrected chi connectivity index (χ3v) is 10.9. The molecule has 4 aliphatic rings. The smallest absolute Gasteiger partial charge is 0.302 e. The number of rotatable bonds is 4. The highest BCUT2D eigenvalue weighted by atomic mass is 16.5. The van der Waals surface area contributed by atoms with Gasteiger partial charge in [0.25, 0.3) is 0 Å². The predicted octanol–water partition coefficient (Wildman–Crippen LogP) is 3.00. The summed E-state index contributed by atoms with van der Waals surface area (Å²) in [6, 6.07) is 3.72. The van der Waals surface area contributed by atoms with Gasteiger partial charge >= 0.3 is 5.97 Å². The Hall–Kier alpha value is -3.00. The molecule has 2 heterocycles. The van der Waals surface area contributed by atoms with Crippen molar-refractivity contribution in [2.75, 3.05) is 20.1 Å². The van der Waals surface area contributed by atoms with Crippen molar-refractivity contribution in [3.63, 3.8) is 0 Å². The van der Waals surface area contributed by atoms with E-state index < -0.39 is 17.6 Å². The van der Waals surface area contributed by atoms with Gasteiger partial charge in [0.15, 0.2) is 17.5 Å². The number of nitrogens with two attached hydrogens (primary N) is 1. The summed E-state index contributed by atoms with van der Waals surface area (Å²) in [7, 11) is 1.66. The number of fused-ring (bicyclic) bond motifs is 7. The number of aliphatic hydroxyl groups is 2. The summed E-state index contributed by atoms with van der Waals surface area (Å²) in [6.07, 6.45) is 6.36. The number of piperidine rings is 1. The summed E-state index contributed by atoms with van der Waals surface area (Å²) < 4.78 is 12.4. The molecular formula is C35H52N4O6. The van der Waals surface area contributed by atoms with Gasteiger partial charge in [-0.15, -0.1) is 0 Å². The topological polar surface area (TPSA) is 159 Å². The van der Waals surface area contributed by atoms with Crippen LogP contribution < -0.4 is 21.1 Å². The Balaban J connectivity index is 1.63. The second kappa shape index (κ2) is 14.6. The fourth-order valence-electron chi connectivity index (χ4n) is 8.15. The van der Waals surface area contributed by atoms with E-state index >= 15 is 0 Å². The van der Waals surface area contributed by atoms with Crippen LogP contribution in [-0.4, -0.2) is 71.7 Å². The van der Waals surface area contributed by atoms with Crippen molar-refractivity contribution in [1.82, 2.24) is 10.6 Å². The van der Waals surface area contributed by atoms with Gasteiger partial charge in [-0.2, -0.15) is 0 Å². The van der Waals surface area contributed by atoms with Crippen LogP contribution in [0.4, 0.5) is 0 Å². The number of hydrogen-bond acceptors (Lipinski definition) is 8. The van der Waals surface area contributed by atoms with Crippen molar-refractivity contribution in [2.45, 2.75) is 109 Å². The first-order valence-electron chi connectivity index (χ1n) is 16.8. The number of nitrogens with zero attached hydrogens (tertiary/aromatic N) is 1. The summed E-state index contributed by atoms with van der Waals surface area (Å²) >= 11 is 0. The Bertz CT molecular complexity index is 1290. The molecule has 1 aromatic carbocycles. The van der Waals surface area contributed by atoms with Crippen LogP contribution in [0.3, 0.4) is 0 Å². The molecule has 1 aromatic rings. The highest BCUT2D eigenvalue weighted by Crippen LogP contribution is 2.47. The number of nitrogens with one attached hydrogen (secondary N) is 2. The fourth-order valence-corrected chi connectivity index (χ4v) is 8.15. The molecule has 2 aliphatic heterocycles. The fraction of sp³-hybridized carbons (Fsp3) is 0.714. The van der Waals surface area contributed by atoms with Gasteiger partial charge in [-0.05, 0) is 93.0 Å². The van der Waals surface area contributed by atoms with Crippen LogP contribution in [0.1, 0.15) is 82.8 Å². The van der Waals surface area contributed by atoms with Crippen LogP contribution in [-0.2, 0) is 22.6 Å². The molecule has 7 N–H and O–H groups in total. The first-order valence-corrected chi connectivity index (χ1v) is 16.8. The number of guanidine groups is 1. The molecule has 1 saturated carbocycles. The van der Waals surface area contributed by atoms with Gasteiger partial charge < -0.3 is 41.2 Å². The summed E-state index contributed by atoms with van der Waals surface area (Å²) in [5.74, 6) is 7.78. The van der Waals surface area contributed by atoms with E-state index in [0.29, 0.717) is 36.7 Å². The number of carbonyl (C=O) groups is 1. The summed E-state index contributed by atoms with van der Waals surface area (Å²) in [6.45, 7) is 4.79. The lowest BCUT2D eigenvalue weighted by Crippen LogP contribution is -2.49. The van der Waals surface area contributed by atoms with E-state index in [4.69, 9.17) is 15.2 Å². The van der Waals surface area contributed by atoms with Crippen molar-refractivity contribution in [1.29, 1.82) is 0 Å². The molecule has 9 unspecified atom stereocenters. The van der Waals surface area contributed by atoms with E-state index in [1.807, 2.05) is 6.07 Å². The molecule has 6 bridgehead atoms. The number of hydrogen-bond donors (Lipinski definition) is 6. The largest absolute Gasteiger partial charge is 0.504 e. The minimum absolute atomic E-state index is 0.00601. The third kappa shape index (κ3) is 7.87. The molecule has 0 aromatic heterocycles. The number of esters is 1. The molecule has 5 rings (SSSR count). The maximum Gasteiger partial charge on any atom is 0.302 e. The maximum absolute atomic E-state index is 12.6. The zero-order valence-corrected chi connectivity index (χ0v) is 27.1. The molecule has 0 radical (unpaired) electrons. The lowest BCUT2D eigenvalue weighted by atomic mass is 9.61. The highest BCUT2D eigenvalue weighted by Gasteiger charge is 2.45. The van der Waals surface area contributed by atoms with E-state index in [2.05, 4.69) is 34.4 Å². The molecule has 10 heteroatoms. The number of ether oxygens (including phenoxy) is 2. The molecule has 248 valence electrons. The molecule has 10 nitrogen and oxygen atoms in total. The molecule has 2 fully saturated rings. The van der Waals surface area contributed by atoms with Gasteiger partial charge in [0.05, 0.1) is 18.1 Å². The summed E-state index contributed by atoms with van der Waals surface area (Å²) in [5, 5.41) is 39.9. The number of aromatic hydroxyl groups is 1. The van der Waals surface area contributed by atoms with Gasteiger partial charge in [0, 0.05) is 44.8 Å². The normalized spacial score (nSPS) is 35.4. The molecule has 2 aliphatic carbocycles. The summed E-state index contributed by atoms with van der Waals surface area (Å²) in [4.78, 5) is 16.7. The van der Waals surface area contributed by atoms with E-state index in [9.17, 15) is 20.1 Å². The van der Waals surface area contributed by atoms with Crippen LogP contribution in [0.25, 0.3) is 0 Å². The number of aliphatic hydroxyl groups excluding tert-OH is 2. The number of phenolic OH excluding ortho intramolecular Hbond substituents is 1. The average Bonchev–Trinajstić information content (AvgIpc) is 3.02. The highest BCUT2D eigenvalue weighted by molar-refractivity contribution is 5.77. The van der Waals surface area contributed by atoms with Gasteiger partial charge in [0.2, 0.25) is 0 Å². The Kier molecular flexibility index (Phi) is 10.8. The van der Waals surface area contributed by atoms with Crippen molar-refractivity contribution < 1.29 is 29.6 Å². The Morgan fingerprint density at radius 3 is 2.82 bits per heavy atom. The first-order chi connectivity index (χ1) is 21.6. The number of benzene rings is 1. The zero-order valence-electron chi connectivity index (χ0n) is 27.1. The maximum atomic E-state index is 12.6. The Morgan fingerprint density at radius 1 is 1.24 bits per heavy atom. The third-order valence-electron chi connectivity index (χ3n) is 10.9. The number of phenols is 1. The Labute approximate surface area is 267 Å². The second-order valence-corrected chi connectivity index (χ2v) is 13.8. The van der Waals surface area contributed by atoms with Crippen molar-refractivity contribution in [2.24, 2.45) is 39.8 Å². The molecule has 1 saturated heterocycles. The lowest BCUT2D eigenvalue weighted by Gasteiger charge is -2.45. The first kappa shape index (κ1) is 33.4. The Morgan fingerprint density at radius 2 is 2.07 bits per heavy atom. The predicted molar refractivity (Wildman–Crippen MR) is 172 cm³/mol. The van der Waals surface area contributed by atoms with Gasteiger partial charge in [0.1, 0.15) is 12.2 Å². The quantitative estimate of drug-likeness (QED) is 0.128. The van der Waals surface area contributed by atoms with Gasteiger partial charge in [-0.1, -0.05) is 25.2 Å². The number of aliphatic imine (C=N–C) groups is 1. The zero-order chi connectivity index (χ0) is 32.1. The van der Waals surface area contributed by atoms with E-state index in [-0.39, 0.29) is 54.1 Å². The molecule has 0 amide bonds. The minimum Gasteiger partial charge on any atom is -0.504 e. The van der Waals surface area contributed by atoms with Crippen LogP contribution in [0.2, 0.25) is 0 Å². The molecule has 0 spiro atoms. The lowest BCUT2D eigenvalue weighted by molar-refractivity contribution is -0.153. The van der Waals surface area contributed by atoms with Gasteiger partial charge in [-0.25, -0.2) is 0 Å². The van der Waals surface area contributed by atoms with Crippen molar-refractivity contribution in [3.05, 3.63) is 23.3 Å². The molecular weight excluding hydrogens is 572 g/mol. The van der Waals surface area contributed by atoms with E-state index in [1.165, 1.54) is 6.92 Å². The second-order valence-electron chi connectivity index (χ2n) is 13.8. The van der Waals surface area contributed by atoms with Crippen LogP contribution >= 0.6 is 0 Å². The van der Waals surface area contributed by atoms with Crippen LogP contribution in [0.15, 0.2) is 17.1 Å². The van der Waals surface area contributed by atoms with E-state index in [0.717, 1.165) is 63.5 Å². The van der Waals surface area contributed by atoms with Crippen molar-refractivity contribution in [3.8, 4) is 23.3 Å². The monoisotopic (exact) mass is 624 g/mol. The standard InChI is InChI=1S/C35H52N4O6/c1-21-7-8-24-18-35(21,20-39-34(36)37-3)11-9-23-5-4-6-27-16-28(10-12-38-27)45-33-15-25(26(19-40)14-31(33)43)13-29(23)32(17-30(24)42)44-22(2)41/h14-15,21,23-24,27-30,32,38,40,42-43H,4-8,10,12-13,16-20H2,1-3H3,(H3,36,37,39). The van der Waals surface area contributed by atoms with Crippen LogP contribution in [0.5, 0.6) is 11.5 Å². The minimum atomic E-state index is -0.678. The molecule has 9 atom stereocenters. The number of carbonyl (C=O) groups excluding carboxylic acids is 1. The van der Waals surface area contributed by atoms with E-state index in [1.54, 1.807) is 13.1 Å². The molecule has 45 heavy (non-hydrogen) atoms. The average molecular weight is 625 g/mol.